The van der Waals surface area contributed by atoms with Gasteiger partial charge in [-0.2, -0.15) is 0 Å². The van der Waals surface area contributed by atoms with E-state index in [4.69, 9.17) is 0 Å². The van der Waals surface area contributed by atoms with Gasteiger partial charge in [0.2, 0.25) is 0 Å². The second kappa shape index (κ2) is 3.02. The zero-order chi connectivity index (χ0) is 8.39. The van der Waals surface area contributed by atoms with Gasteiger partial charge < -0.3 is 5.32 Å². The van der Waals surface area contributed by atoms with Crippen molar-refractivity contribution in [3.8, 4) is 0 Å². The van der Waals surface area contributed by atoms with Crippen LogP contribution in [0.4, 0.5) is 0 Å². The van der Waals surface area contributed by atoms with E-state index in [-0.39, 0.29) is 0 Å². The van der Waals surface area contributed by atoms with Crippen LogP contribution in [0, 0.1) is 6.92 Å². The Labute approximate surface area is 73.1 Å². The summed E-state index contributed by atoms with van der Waals surface area (Å²) in [6, 6.07) is 8.59. The van der Waals surface area contributed by atoms with Crippen LogP contribution in [0.25, 0.3) is 5.70 Å². The Morgan fingerprint density at radius 3 is 2.92 bits per heavy atom. The largest absolute Gasteiger partial charge is 0.385 e. The van der Waals surface area contributed by atoms with Crippen LogP contribution in [-0.2, 0) is 0 Å². The predicted molar refractivity (Wildman–Crippen MR) is 51.8 cm³/mol. The molecule has 0 saturated heterocycles. The van der Waals surface area contributed by atoms with Gasteiger partial charge in [-0.1, -0.05) is 29.8 Å². The van der Waals surface area contributed by atoms with Crippen LogP contribution < -0.4 is 5.32 Å². The Hall–Kier alpha value is -1.24. The third-order valence-corrected chi connectivity index (χ3v) is 2.14. The molecular weight excluding hydrogens is 146 g/mol. The van der Waals surface area contributed by atoms with Gasteiger partial charge in [0.15, 0.2) is 0 Å². The Kier molecular flexibility index (Phi) is 1.86. The van der Waals surface area contributed by atoms with Crippen molar-refractivity contribution in [2.24, 2.45) is 0 Å². The SMILES string of the molecule is Cc1cccc(C2=CCCN2)c1. The lowest BCUT2D eigenvalue weighted by Gasteiger charge is -2.04. The Balaban J connectivity index is 2.33. The van der Waals surface area contributed by atoms with Gasteiger partial charge in [-0.3, -0.25) is 0 Å². The van der Waals surface area contributed by atoms with Crippen molar-refractivity contribution >= 4 is 5.70 Å². The maximum atomic E-state index is 3.36. The quantitative estimate of drug-likeness (QED) is 0.663. The molecule has 1 aromatic rings. The van der Waals surface area contributed by atoms with Gasteiger partial charge in [-0.15, -0.1) is 0 Å². The fourth-order valence-electron chi connectivity index (χ4n) is 1.53. The molecule has 0 aromatic heterocycles. The van der Waals surface area contributed by atoms with Crippen molar-refractivity contribution in [3.63, 3.8) is 0 Å². The smallest absolute Gasteiger partial charge is 0.0374 e. The summed E-state index contributed by atoms with van der Waals surface area (Å²) in [7, 11) is 0. The Morgan fingerprint density at radius 1 is 1.33 bits per heavy atom. The minimum absolute atomic E-state index is 1.09. The Bertz CT molecular complexity index is 313. The summed E-state index contributed by atoms with van der Waals surface area (Å²) in [5.74, 6) is 0. The first-order chi connectivity index (χ1) is 5.86. The molecule has 12 heavy (non-hydrogen) atoms. The highest BCUT2D eigenvalue weighted by Crippen LogP contribution is 2.16. The van der Waals surface area contributed by atoms with E-state index < -0.39 is 0 Å². The van der Waals surface area contributed by atoms with Gasteiger partial charge in [0.25, 0.3) is 0 Å². The molecule has 2 rings (SSSR count). The first-order valence-corrected chi connectivity index (χ1v) is 4.37. The predicted octanol–water partition coefficient (Wildman–Crippen LogP) is 2.33. The Morgan fingerprint density at radius 2 is 2.25 bits per heavy atom. The van der Waals surface area contributed by atoms with Crippen molar-refractivity contribution in [1.82, 2.24) is 5.32 Å². The van der Waals surface area contributed by atoms with Crippen LogP contribution >= 0.6 is 0 Å². The molecule has 0 aliphatic carbocycles. The number of aryl methyl sites for hydroxylation is 1. The van der Waals surface area contributed by atoms with Crippen molar-refractivity contribution in [1.29, 1.82) is 0 Å². The average molecular weight is 159 g/mol. The van der Waals surface area contributed by atoms with E-state index in [1.54, 1.807) is 0 Å². The fraction of sp³-hybridized carbons (Fsp3) is 0.273. The summed E-state index contributed by atoms with van der Waals surface area (Å²) < 4.78 is 0. The first-order valence-electron chi connectivity index (χ1n) is 4.37. The summed E-state index contributed by atoms with van der Waals surface area (Å²) >= 11 is 0. The number of benzene rings is 1. The van der Waals surface area contributed by atoms with Crippen molar-refractivity contribution in [3.05, 3.63) is 41.5 Å². The monoisotopic (exact) mass is 159 g/mol. The number of nitrogens with one attached hydrogen (secondary N) is 1. The second-order valence-electron chi connectivity index (χ2n) is 3.20. The lowest BCUT2D eigenvalue weighted by atomic mass is 10.1. The maximum absolute atomic E-state index is 3.36. The highest BCUT2D eigenvalue weighted by molar-refractivity contribution is 5.65. The molecule has 0 spiro atoms. The van der Waals surface area contributed by atoms with Crippen LogP contribution in [-0.4, -0.2) is 6.54 Å². The minimum atomic E-state index is 1.09. The zero-order valence-corrected chi connectivity index (χ0v) is 7.30. The summed E-state index contributed by atoms with van der Waals surface area (Å²) in [5.41, 5.74) is 3.92. The van der Waals surface area contributed by atoms with E-state index in [1.165, 1.54) is 16.8 Å². The van der Waals surface area contributed by atoms with Crippen LogP contribution in [0.3, 0.4) is 0 Å². The van der Waals surface area contributed by atoms with E-state index in [2.05, 4.69) is 42.6 Å². The van der Waals surface area contributed by atoms with Crippen molar-refractivity contribution < 1.29 is 0 Å². The van der Waals surface area contributed by atoms with Gasteiger partial charge in [0.1, 0.15) is 0 Å². The minimum Gasteiger partial charge on any atom is -0.385 e. The second-order valence-corrected chi connectivity index (χ2v) is 3.20. The lowest BCUT2D eigenvalue weighted by Crippen LogP contribution is -2.05. The van der Waals surface area contributed by atoms with Crippen molar-refractivity contribution in [2.75, 3.05) is 6.54 Å². The summed E-state index contributed by atoms with van der Waals surface area (Å²) in [5, 5.41) is 3.36. The molecule has 1 N–H and O–H groups in total. The van der Waals surface area contributed by atoms with Crippen LogP contribution in [0.2, 0.25) is 0 Å². The highest BCUT2D eigenvalue weighted by atomic mass is 14.9. The van der Waals surface area contributed by atoms with E-state index in [9.17, 15) is 0 Å². The highest BCUT2D eigenvalue weighted by Gasteiger charge is 2.04. The molecule has 0 radical (unpaired) electrons. The lowest BCUT2D eigenvalue weighted by molar-refractivity contribution is 0.928. The first kappa shape index (κ1) is 7.41. The summed E-state index contributed by atoms with van der Waals surface area (Å²) in [6.45, 7) is 3.21. The van der Waals surface area contributed by atoms with E-state index >= 15 is 0 Å². The van der Waals surface area contributed by atoms with Gasteiger partial charge in [-0.25, -0.2) is 0 Å². The molecule has 1 heteroatoms. The molecule has 1 aliphatic rings. The molecule has 1 aliphatic heterocycles. The molecule has 0 unspecified atom stereocenters. The standard InChI is InChI=1S/C11H13N/c1-9-4-2-5-10(8-9)11-6-3-7-12-11/h2,4-6,8,12H,3,7H2,1H3. The third kappa shape index (κ3) is 1.35. The third-order valence-electron chi connectivity index (χ3n) is 2.14. The molecule has 0 atom stereocenters. The molecule has 62 valence electrons. The van der Waals surface area contributed by atoms with Crippen molar-refractivity contribution in [2.45, 2.75) is 13.3 Å². The molecule has 0 amide bonds. The average Bonchev–Trinajstić information content (AvgIpc) is 2.56. The molecule has 0 saturated carbocycles. The van der Waals surface area contributed by atoms with Crippen LogP contribution in [0.5, 0.6) is 0 Å². The van der Waals surface area contributed by atoms with E-state index in [0.717, 1.165) is 13.0 Å². The normalized spacial score (nSPS) is 15.6. The molecular formula is C11H13N. The maximum Gasteiger partial charge on any atom is 0.0374 e. The van der Waals surface area contributed by atoms with Gasteiger partial charge in [-0.05, 0) is 25.0 Å². The molecule has 1 nitrogen and oxygen atoms in total. The molecule has 1 aromatic carbocycles. The van der Waals surface area contributed by atoms with E-state index in [0.29, 0.717) is 0 Å². The molecule has 1 heterocycles. The fourth-order valence-corrected chi connectivity index (χ4v) is 1.53. The van der Waals surface area contributed by atoms with Crippen LogP contribution in [0.15, 0.2) is 30.3 Å². The number of hydrogen-bond acceptors (Lipinski definition) is 1. The zero-order valence-electron chi connectivity index (χ0n) is 7.30. The molecule has 0 fully saturated rings. The van der Waals surface area contributed by atoms with Gasteiger partial charge in [0, 0.05) is 12.2 Å². The molecule has 0 bridgehead atoms. The number of hydrogen-bond donors (Lipinski definition) is 1. The summed E-state index contributed by atoms with van der Waals surface area (Å²) in [6.07, 6.45) is 3.41. The topological polar surface area (TPSA) is 12.0 Å². The number of rotatable bonds is 1. The van der Waals surface area contributed by atoms with Gasteiger partial charge >= 0.3 is 0 Å². The van der Waals surface area contributed by atoms with E-state index in [1.807, 2.05) is 0 Å². The van der Waals surface area contributed by atoms with Crippen LogP contribution in [0.1, 0.15) is 17.5 Å². The summed E-state index contributed by atoms with van der Waals surface area (Å²) in [4.78, 5) is 0. The van der Waals surface area contributed by atoms with Gasteiger partial charge in [0.05, 0.1) is 0 Å².